The monoisotopic (exact) mass is 369 g/mol. The van der Waals surface area contributed by atoms with Crippen LogP contribution in [0.4, 0.5) is 17.6 Å². The number of hydrogen-bond donors (Lipinski definition) is 0. The summed E-state index contributed by atoms with van der Waals surface area (Å²) in [6.45, 7) is 5.80. The first-order valence-electron chi connectivity index (χ1n) is 7.96. The van der Waals surface area contributed by atoms with E-state index in [0.29, 0.717) is 41.1 Å². The number of rotatable bonds is 4. The Bertz CT molecular complexity index is 831. The second-order valence-corrected chi connectivity index (χ2v) is 5.99. The number of halogens is 4. The van der Waals surface area contributed by atoms with Gasteiger partial charge in [0.15, 0.2) is 0 Å². The fraction of sp³-hybridized carbons (Fsp3) is 0.316. The van der Waals surface area contributed by atoms with Gasteiger partial charge >= 0.3 is 6.18 Å². The van der Waals surface area contributed by atoms with E-state index in [9.17, 15) is 22.4 Å². The number of nitrogens with zero attached hydrogens (tertiary/aromatic N) is 1. The second-order valence-electron chi connectivity index (χ2n) is 5.99. The average molecular weight is 369 g/mol. The van der Waals surface area contributed by atoms with Crippen LogP contribution in [-0.4, -0.2) is 24.4 Å². The Morgan fingerprint density at radius 1 is 1.12 bits per heavy atom. The molecule has 0 aromatic heterocycles. The minimum absolute atomic E-state index is 0.133. The zero-order valence-corrected chi connectivity index (χ0v) is 14.9. The highest BCUT2D eigenvalue weighted by Gasteiger charge is 2.34. The molecule has 0 radical (unpaired) electrons. The molecule has 0 spiro atoms. The molecule has 3 nitrogen and oxygen atoms in total. The Morgan fingerprint density at radius 2 is 1.77 bits per heavy atom. The molecular formula is C19H19F4NO2. The van der Waals surface area contributed by atoms with Crippen molar-refractivity contribution < 1.29 is 27.1 Å². The van der Waals surface area contributed by atoms with Crippen LogP contribution < -0.4 is 4.74 Å². The van der Waals surface area contributed by atoms with Crippen LogP contribution in [0.3, 0.4) is 0 Å². The number of amides is 1. The van der Waals surface area contributed by atoms with Crippen molar-refractivity contribution in [2.24, 2.45) is 0 Å². The molecule has 0 atom stereocenters. The molecule has 0 fully saturated rings. The van der Waals surface area contributed by atoms with Gasteiger partial charge in [0.25, 0.3) is 5.91 Å². The molecular weight excluding hydrogens is 350 g/mol. The zero-order chi connectivity index (χ0) is 19.6. The van der Waals surface area contributed by atoms with Crippen molar-refractivity contribution in [2.75, 3.05) is 13.6 Å². The minimum Gasteiger partial charge on any atom is -0.457 e. The fourth-order valence-corrected chi connectivity index (χ4v) is 2.39. The van der Waals surface area contributed by atoms with Gasteiger partial charge in [-0.2, -0.15) is 13.2 Å². The Hall–Kier alpha value is -2.57. The molecule has 0 N–H and O–H groups in total. The first-order chi connectivity index (χ1) is 12.0. The van der Waals surface area contributed by atoms with Crippen molar-refractivity contribution in [1.29, 1.82) is 0 Å². The van der Waals surface area contributed by atoms with Gasteiger partial charge in [0.05, 0.1) is 5.56 Å². The van der Waals surface area contributed by atoms with Crippen LogP contribution in [0.2, 0.25) is 0 Å². The van der Waals surface area contributed by atoms with E-state index >= 15 is 0 Å². The van der Waals surface area contributed by atoms with Crippen molar-refractivity contribution in [1.82, 2.24) is 4.90 Å². The Labute approximate surface area is 149 Å². The van der Waals surface area contributed by atoms with Gasteiger partial charge in [-0.15, -0.1) is 0 Å². The summed E-state index contributed by atoms with van der Waals surface area (Å²) in [6, 6.07) is 5.68. The van der Waals surface area contributed by atoms with E-state index in [4.69, 9.17) is 4.74 Å². The molecule has 0 aliphatic rings. The first kappa shape index (κ1) is 19.8. The number of ether oxygens (including phenoxy) is 1. The van der Waals surface area contributed by atoms with Crippen molar-refractivity contribution >= 4 is 5.91 Å². The Morgan fingerprint density at radius 3 is 2.35 bits per heavy atom. The van der Waals surface area contributed by atoms with Gasteiger partial charge in [0.1, 0.15) is 17.3 Å². The molecule has 0 aliphatic heterocycles. The highest BCUT2D eigenvalue weighted by atomic mass is 19.4. The third-order valence-electron chi connectivity index (χ3n) is 4.04. The molecule has 0 saturated heterocycles. The largest absolute Gasteiger partial charge is 0.457 e. The predicted octanol–water partition coefficient (Wildman–Crippen LogP) is 5.35. The van der Waals surface area contributed by atoms with Crippen molar-refractivity contribution in [3.05, 3.63) is 58.4 Å². The number of alkyl halides is 3. The summed E-state index contributed by atoms with van der Waals surface area (Å²) in [4.78, 5) is 13.9. The maximum atomic E-state index is 13.4. The summed E-state index contributed by atoms with van der Waals surface area (Å²) in [6.07, 6.45) is -4.81. The SMILES string of the molecule is CCN(C)C(=O)c1cc(C)c(Oc2ccc(F)c(C(F)(F)F)c2)cc1C. The summed E-state index contributed by atoms with van der Waals surface area (Å²) in [5.74, 6) is -1.34. The average Bonchev–Trinajstić information content (AvgIpc) is 2.57. The lowest BCUT2D eigenvalue weighted by molar-refractivity contribution is -0.140. The van der Waals surface area contributed by atoms with Crippen LogP contribution >= 0.6 is 0 Å². The first-order valence-corrected chi connectivity index (χ1v) is 7.96. The van der Waals surface area contributed by atoms with Gasteiger partial charge < -0.3 is 9.64 Å². The molecule has 0 heterocycles. The van der Waals surface area contributed by atoms with E-state index in [1.807, 2.05) is 6.92 Å². The van der Waals surface area contributed by atoms with E-state index in [1.165, 1.54) is 0 Å². The number of benzene rings is 2. The molecule has 1 amide bonds. The van der Waals surface area contributed by atoms with Gasteiger partial charge in [0, 0.05) is 19.2 Å². The van der Waals surface area contributed by atoms with Crippen LogP contribution in [0.1, 0.15) is 34.0 Å². The Kier molecular flexibility index (Phi) is 5.59. The van der Waals surface area contributed by atoms with Crippen LogP contribution in [-0.2, 0) is 6.18 Å². The number of carbonyl (C=O) groups excluding carboxylic acids is 1. The van der Waals surface area contributed by atoms with Gasteiger partial charge in [0.2, 0.25) is 0 Å². The standard InChI is InChI=1S/C19H19F4NO2/c1-5-24(4)18(25)14-8-12(3)17(9-11(14)2)26-13-6-7-16(20)15(10-13)19(21,22)23/h6-10H,5H2,1-4H3. The molecule has 2 aromatic rings. The summed E-state index contributed by atoms with van der Waals surface area (Å²) >= 11 is 0. The predicted molar refractivity (Wildman–Crippen MR) is 90.0 cm³/mol. The lowest BCUT2D eigenvalue weighted by Gasteiger charge is -2.18. The van der Waals surface area contributed by atoms with E-state index in [-0.39, 0.29) is 11.7 Å². The molecule has 2 rings (SSSR count). The van der Waals surface area contributed by atoms with Gasteiger partial charge in [-0.1, -0.05) is 0 Å². The minimum atomic E-state index is -4.81. The summed E-state index contributed by atoms with van der Waals surface area (Å²) < 4.78 is 57.4. The van der Waals surface area contributed by atoms with E-state index in [0.717, 1.165) is 6.07 Å². The smallest absolute Gasteiger partial charge is 0.419 e. The van der Waals surface area contributed by atoms with Gasteiger partial charge in [-0.05, 0) is 62.2 Å². The second kappa shape index (κ2) is 7.35. The van der Waals surface area contributed by atoms with Crippen LogP contribution in [0.5, 0.6) is 11.5 Å². The van der Waals surface area contributed by atoms with E-state index in [2.05, 4.69) is 0 Å². The van der Waals surface area contributed by atoms with E-state index in [1.54, 1.807) is 37.9 Å². The summed E-state index contributed by atoms with van der Waals surface area (Å²) in [7, 11) is 1.68. The van der Waals surface area contributed by atoms with Crippen molar-refractivity contribution in [2.45, 2.75) is 26.9 Å². The zero-order valence-electron chi connectivity index (χ0n) is 14.9. The molecule has 0 bridgehead atoms. The quantitative estimate of drug-likeness (QED) is 0.681. The third kappa shape index (κ3) is 4.15. The molecule has 7 heteroatoms. The summed E-state index contributed by atoms with van der Waals surface area (Å²) in [5.41, 5.74) is 0.324. The van der Waals surface area contributed by atoms with E-state index < -0.39 is 17.6 Å². The number of carbonyl (C=O) groups is 1. The molecule has 0 aliphatic carbocycles. The lowest BCUT2D eigenvalue weighted by atomic mass is 10.0. The highest BCUT2D eigenvalue weighted by molar-refractivity contribution is 5.96. The van der Waals surface area contributed by atoms with Crippen LogP contribution in [0.15, 0.2) is 30.3 Å². The Balaban J connectivity index is 2.37. The van der Waals surface area contributed by atoms with Crippen LogP contribution in [0, 0.1) is 19.7 Å². The maximum Gasteiger partial charge on any atom is 0.419 e. The summed E-state index contributed by atoms with van der Waals surface area (Å²) in [5, 5.41) is 0. The normalized spacial score (nSPS) is 11.4. The molecule has 2 aromatic carbocycles. The molecule has 26 heavy (non-hydrogen) atoms. The van der Waals surface area contributed by atoms with Crippen molar-refractivity contribution in [3.63, 3.8) is 0 Å². The van der Waals surface area contributed by atoms with Crippen LogP contribution in [0.25, 0.3) is 0 Å². The molecule has 0 unspecified atom stereocenters. The fourth-order valence-electron chi connectivity index (χ4n) is 2.39. The van der Waals surface area contributed by atoms with Gasteiger partial charge in [-0.25, -0.2) is 4.39 Å². The maximum absolute atomic E-state index is 13.4. The van der Waals surface area contributed by atoms with Gasteiger partial charge in [-0.3, -0.25) is 4.79 Å². The molecule has 140 valence electrons. The third-order valence-corrected chi connectivity index (χ3v) is 4.04. The molecule has 0 saturated carbocycles. The number of hydrogen-bond acceptors (Lipinski definition) is 2. The number of aryl methyl sites for hydroxylation is 2. The highest BCUT2D eigenvalue weighted by Crippen LogP contribution is 2.35. The topological polar surface area (TPSA) is 29.5 Å². The van der Waals surface area contributed by atoms with Crippen molar-refractivity contribution in [3.8, 4) is 11.5 Å². The lowest BCUT2D eigenvalue weighted by Crippen LogP contribution is -2.27.